The molecule has 0 aliphatic heterocycles. The normalized spacial score (nSPS) is 12.0. The van der Waals surface area contributed by atoms with Gasteiger partial charge in [-0.3, -0.25) is 4.79 Å². The number of carbonyl (C=O) groups excluding carboxylic acids is 1. The molecule has 0 fully saturated rings. The lowest BCUT2D eigenvalue weighted by atomic mass is 10.1. The summed E-state index contributed by atoms with van der Waals surface area (Å²) in [5.41, 5.74) is 3.92. The van der Waals surface area contributed by atoms with E-state index in [1.165, 1.54) is 12.1 Å². The van der Waals surface area contributed by atoms with Crippen molar-refractivity contribution in [3.8, 4) is 0 Å². The lowest BCUT2D eigenvalue weighted by molar-refractivity contribution is 0.0954. The van der Waals surface area contributed by atoms with Crippen LogP contribution in [0.4, 0.5) is 0 Å². The van der Waals surface area contributed by atoms with Crippen molar-refractivity contribution in [3.63, 3.8) is 0 Å². The zero-order valence-corrected chi connectivity index (χ0v) is 13.7. The summed E-state index contributed by atoms with van der Waals surface area (Å²) in [5, 5.41) is 8.99. The number of nitrogens with one attached hydrogen (secondary N) is 1. The largest absolute Gasteiger partial charge is 0.271 e. The molecule has 0 aliphatic rings. The average Bonchev–Trinajstić information content (AvgIpc) is 2.52. The minimum absolute atomic E-state index is 0.0481. The van der Waals surface area contributed by atoms with Crippen LogP contribution < -0.4 is 10.6 Å². The van der Waals surface area contributed by atoms with Crippen LogP contribution in [0.2, 0.25) is 5.02 Å². The molecule has 0 unspecified atom stereocenters. The number of primary sulfonamides is 1. The highest BCUT2D eigenvalue weighted by Crippen LogP contribution is 2.21. The molecule has 0 aromatic heterocycles. The Morgan fingerprint density at radius 3 is 2.39 bits per heavy atom. The van der Waals surface area contributed by atoms with E-state index in [-0.39, 0.29) is 15.5 Å². The van der Waals surface area contributed by atoms with Crippen LogP contribution in [0.15, 0.2) is 58.5 Å². The van der Waals surface area contributed by atoms with E-state index in [0.717, 1.165) is 11.6 Å². The van der Waals surface area contributed by atoms with E-state index in [1.54, 1.807) is 6.92 Å². The smallest absolute Gasteiger partial charge is 0.267 e. The Hall–Kier alpha value is -2.22. The number of carbonyl (C=O) groups is 1. The van der Waals surface area contributed by atoms with Crippen molar-refractivity contribution in [1.82, 2.24) is 5.43 Å². The van der Waals surface area contributed by atoms with Crippen LogP contribution >= 0.6 is 11.6 Å². The first kappa shape index (κ1) is 17.1. The summed E-state index contributed by atoms with van der Waals surface area (Å²) >= 11 is 5.77. The second-order valence-electron chi connectivity index (χ2n) is 4.69. The Bertz CT molecular complexity index is 865. The van der Waals surface area contributed by atoms with E-state index in [9.17, 15) is 13.2 Å². The number of benzene rings is 2. The fraction of sp³-hybridized carbons (Fsp3) is 0.0667. The maximum absolute atomic E-state index is 12.1. The second-order valence-corrected chi connectivity index (χ2v) is 6.63. The lowest BCUT2D eigenvalue weighted by Gasteiger charge is -2.06. The van der Waals surface area contributed by atoms with Crippen LogP contribution in [-0.4, -0.2) is 20.0 Å². The molecular formula is C15H14ClN3O3S. The Labute approximate surface area is 139 Å². The van der Waals surface area contributed by atoms with Crippen LogP contribution in [-0.2, 0) is 10.0 Å². The molecule has 0 saturated heterocycles. The fourth-order valence-corrected chi connectivity index (χ4v) is 2.88. The van der Waals surface area contributed by atoms with Crippen LogP contribution in [0.3, 0.4) is 0 Å². The molecule has 2 aromatic rings. The van der Waals surface area contributed by atoms with Crippen molar-refractivity contribution < 1.29 is 13.2 Å². The summed E-state index contributed by atoms with van der Waals surface area (Å²) in [4.78, 5) is 11.8. The van der Waals surface area contributed by atoms with Crippen LogP contribution in [0, 0.1) is 0 Å². The Morgan fingerprint density at radius 2 is 1.78 bits per heavy atom. The SMILES string of the molecule is C/C(=N/NC(=O)c1ccc(Cl)c(S(N)(=O)=O)c1)c1ccccc1. The monoisotopic (exact) mass is 351 g/mol. The van der Waals surface area contributed by atoms with E-state index in [2.05, 4.69) is 10.5 Å². The summed E-state index contributed by atoms with van der Waals surface area (Å²) in [6.07, 6.45) is 0. The minimum atomic E-state index is -4.01. The van der Waals surface area contributed by atoms with Gasteiger partial charge in [-0.05, 0) is 30.7 Å². The Morgan fingerprint density at radius 1 is 1.13 bits per heavy atom. The molecule has 0 aliphatic carbocycles. The number of hydrogen-bond acceptors (Lipinski definition) is 4. The van der Waals surface area contributed by atoms with Crippen molar-refractivity contribution in [2.45, 2.75) is 11.8 Å². The molecular weight excluding hydrogens is 338 g/mol. The molecule has 0 heterocycles. The van der Waals surface area contributed by atoms with Gasteiger partial charge in [-0.2, -0.15) is 5.10 Å². The van der Waals surface area contributed by atoms with Crippen LogP contribution in [0.1, 0.15) is 22.8 Å². The van der Waals surface area contributed by atoms with Gasteiger partial charge in [0.25, 0.3) is 5.91 Å². The van der Waals surface area contributed by atoms with Gasteiger partial charge >= 0.3 is 0 Å². The topological polar surface area (TPSA) is 102 Å². The van der Waals surface area contributed by atoms with E-state index < -0.39 is 15.9 Å². The molecule has 8 heteroatoms. The van der Waals surface area contributed by atoms with Gasteiger partial charge in [-0.25, -0.2) is 19.0 Å². The first-order chi connectivity index (χ1) is 10.8. The first-order valence-corrected chi connectivity index (χ1v) is 8.44. The highest BCUT2D eigenvalue weighted by atomic mass is 35.5. The van der Waals surface area contributed by atoms with Crippen molar-refractivity contribution in [2.24, 2.45) is 10.2 Å². The number of hydrazone groups is 1. The van der Waals surface area contributed by atoms with Gasteiger partial charge in [0.15, 0.2) is 0 Å². The lowest BCUT2D eigenvalue weighted by Crippen LogP contribution is -2.20. The van der Waals surface area contributed by atoms with Crippen molar-refractivity contribution in [1.29, 1.82) is 0 Å². The number of hydrogen-bond donors (Lipinski definition) is 2. The molecule has 0 bridgehead atoms. The van der Waals surface area contributed by atoms with Crippen LogP contribution in [0.5, 0.6) is 0 Å². The highest BCUT2D eigenvalue weighted by molar-refractivity contribution is 7.89. The maximum Gasteiger partial charge on any atom is 0.271 e. The summed E-state index contributed by atoms with van der Waals surface area (Å²) in [7, 11) is -4.01. The minimum Gasteiger partial charge on any atom is -0.267 e. The number of nitrogens with zero attached hydrogens (tertiary/aromatic N) is 1. The van der Waals surface area contributed by atoms with Gasteiger partial charge in [0.05, 0.1) is 10.7 Å². The van der Waals surface area contributed by atoms with Crippen molar-refractivity contribution in [3.05, 3.63) is 64.7 Å². The number of nitrogens with two attached hydrogens (primary N) is 1. The second kappa shape index (κ2) is 6.91. The van der Waals surface area contributed by atoms with Gasteiger partial charge < -0.3 is 0 Å². The molecule has 2 rings (SSSR count). The van der Waals surface area contributed by atoms with Gasteiger partial charge in [0.1, 0.15) is 4.90 Å². The van der Waals surface area contributed by atoms with Gasteiger partial charge in [-0.15, -0.1) is 0 Å². The van der Waals surface area contributed by atoms with E-state index in [4.69, 9.17) is 16.7 Å². The van der Waals surface area contributed by atoms with Crippen LogP contribution in [0.25, 0.3) is 0 Å². The standard InChI is InChI=1S/C15H14ClN3O3S/c1-10(11-5-3-2-4-6-11)18-19-15(20)12-7-8-13(16)14(9-12)23(17,21)22/h2-9H,1H3,(H,19,20)(H2,17,21,22)/b18-10-. The van der Waals surface area contributed by atoms with Crippen molar-refractivity contribution >= 4 is 33.2 Å². The zero-order valence-electron chi connectivity index (χ0n) is 12.2. The average molecular weight is 352 g/mol. The summed E-state index contributed by atoms with van der Waals surface area (Å²) in [6, 6.07) is 13.1. The first-order valence-electron chi connectivity index (χ1n) is 6.51. The molecule has 120 valence electrons. The maximum atomic E-state index is 12.1. The molecule has 2 aromatic carbocycles. The number of halogens is 1. The summed E-state index contributed by atoms with van der Waals surface area (Å²) in [5.74, 6) is -0.568. The van der Waals surface area contributed by atoms with E-state index in [1.807, 2.05) is 30.3 Å². The van der Waals surface area contributed by atoms with E-state index >= 15 is 0 Å². The van der Waals surface area contributed by atoms with Gasteiger partial charge in [0.2, 0.25) is 10.0 Å². The van der Waals surface area contributed by atoms with Crippen molar-refractivity contribution in [2.75, 3.05) is 0 Å². The Kier molecular flexibility index (Phi) is 5.15. The quantitative estimate of drug-likeness (QED) is 0.651. The third-order valence-corrected chi connectivity index (χ3v) is 4.41. The molecule has 6 nitrogen and oxygen atoms in total. The summed E-state index contributed by atoms with van der Waals surface area (Å²) < 4.78 is 22.8. The molecule has 0 saturated carbocycles. The number of rotatable bonds is 4. The predicted molar refractivity (Wildman–Crippen MR) is 88.9 cm³/mol. The van der Waals surface area contributed by atoms with Gasteiger partial charge in [-0.1, -0.05) is 41.9 Å². The summed E-state index contributed by atoms with van der Waals surface area (Å²) in [6.45, 7) is 1.74. The molecule has 0 atom stereocenters. The molecule has 0 spiro atoms. The molecule has 23 heavy (non-hydrogen) atoms. The molecule has 3 N–H and O–H groups in total. The third-order valence-electron chi connectivity index (χ3n) is 3.02. The van der Waals surface area contributed by atoms with Gasteiger partial charge in [0, 0.05) is 5.56 Å². The third kappa shape index (κ3) is 4.38. The number of amides is 1. The Balaban J connectivity index is 2.22. The predicted octanol–water partition coefficient (Wildman–Crippen LogP) is 2.14. The number of sulfonamides is 1. The highest BCUT2D eigenvalue weighted by Gasteiger charge is 2.16. The molecule has 0 radical (unpaired) electrons. The van der Waals surface area contributed by atoms with E-state index in [0.29, 0.717) is 5.71 Å². The molecule has 1 amide bonds. The zero-order chi connectivity index (χ0) is 17.0. The fourth-order valence-electron chi connectivity index (χ4n) is 1.81.